The number of carbonyl (C=O) groups excluding carboxylic acids is 7. The van der Waals surface area contributed by atoms with E-state index in [9.17, 15) is 53.4 Å². The molecule has 0 radical (unpaired) electrons. The minimum absolute atomic E-state index is 0.0219. The second-order valence-electron chi connectivity index (χ2n) is 16.1. The molecule has 3 aromatic rings. The monoisotopic (exact) mass is 936 g/mol. The summed E-state index contributed by atoms with van der Waals surface area (Å²) >= 11 is 0.836. The van der Waals surface area contributed by atoms with Crippen LogP contribution in [0.5, 0.6) is 0 Å². The van der Waals surface area contributed by atoms with Gasteiger partial charge in [-0.1, -0.05) is 56.7 Å². The number of nitrogens with one attached hydrogen (secondary N) is 7. The number of carboxylic acids is 2. The van der Waals surface area contributed by atoms with Gasteiger partial charge in [0, 0.05) is 23.1 Å². The van der Waals surface area contributed by atoms with Gasteiger partial charge in [-0.25, -0.2) is 4.98 Å². The molecule has 358 valence electrons. The van der Waals surface area contributed by atoms with Crippen molar-refractivity contribution in [1.29, 1.82) is 0 Å². The first-order valence-corrected chi connectivity index (χ1v) is 23.0. The fourth-order valence-electron chi connectivity index (χ4n) is 7.25. The van der Waals surface area contributed by atoms with Crippen molar-refractivity contribution in [2.45, 2.75) is 108 Å². The smallest absolute Gasteiger partial charge is 0.305 e. The van der Waals surface area contributed by atoms with Gasteiger partial charge in [0.05, 0.1) is 35.3 Å². The highest BCUT2D eigenvalue weighted by Crippen LogP contribution is 2.30. The Kier molecular flexibility index (Phi) is 20.4. The Labute approximate surface area is 385 Å². The van der Waals surface area contributed by atoms with Crippen LogP contribution in [-0.2, 0) is 43.2 Å². The summed E-state index contributed by atoms with van der Waals surface area (Å²) in [4.78, 5) is 123. The van der Waals surface area contributed by atoms with Crippen LogP contribution < -0.4 is 48.7 Å². The lowest BCUT2D eigenvalue weighted by Crippen LogP contribution is -2.61. The summed E-state index contributed by atoms with van der Waals surface area (Å²) in [6, 6.07) is 6.60. The van der Waals surface area contributed by atoms with Gasteiger partial charge < -0.3 is 58.9 Å². The van der Waals surface area contributed by atoms with Gasteiger partial charge in [0.25, 0.3) is 0 Å². The molecule has 2 aromatic carbocycles. The number of carbonyl (C=O) groups is 9. The average Bonchev–Trinajstić information content (AvgIpc) is 3.27. The molecule has 22 heteroatoms. The minimum Gasteiger partial charge on any atom is -0.481 e. The van der Waals surface area contributed by atoms with Crippen LogP contribution in [0.2, 0.25) is 0 Å². The number of rotatable bonds is 19. The van der Waals surface area contributed by atoms with E-state index in [0.29, 0.717) is 38.6 Å². The predicted octanol–water partition coefficient (Wildman–Crippen LogP) is 0.236. The van der Waals surface area contributed by atoms with Gasteiger partial charge in [-0.15, -0.1) is 11.8 Å². The van der Waals surface area contributed by atoms with Crippen molar-refractivity contribution >= 4 is 92.5 Å². The number of nitrogens with two attached hydrogens (primary N) is 2. The number of aliphatic carboxylic acids is 2. The first-order valence-electron chi connectivity index (χ1n) is 21.9. The van der Waals surface area contributed by atoms with Crippen molar-refractivity contribution in [2.24, 2.45) is 17.4 Å². The summed E-state index contributed by atoms with van der Waals surface area (Å²) in [5, 5.41) is 39.4. The molecule has 21 nitrogen and oxygen atoms in total. The lowest BCUT2D eigenvalue weighted by Gasteiger charge is -2.29. The van der Waals surface area contributed by atoms with Crippen LogP contribution in [0, 0.1) is 5.92 Å². The number of amides is 7. The molecule has 1 aliphatic heterocycles. The van der Waals surface area contributed by atoms with Crippen LogP contribution in [0.4, 0.5) is 5.69 Å². The zero-order valence-corrected chi connectivity index (χ0v) is 37.7. The van der Waals surface area contributed by atoms with Gasteiger partial charge in [-0.3, -0.25) is 43.2 Å². The van der Waals surface area contributed by atoms with E-state index >= 15 is 0 Å². The Morgan fingerprint density at radius 3 is 1.94 bits per heavy atom. The summed E-state index contributed by atoms with van der Waals surface area (Å²) in [6.45, 7) is 4.02. The molecule has 1 fully saturated rings. The third-order valence-electron chi connectivity index (χ3n) is 11.0. The van der Waals surface area contributed by atoms with Gasteiger partial charge in [0.1, 0.15) is 36.3 Å². The molecular weight excluding hydrogens is 877 g/mol. The maximum absolute atomic E-state index is 14.0. The molecule has 0 bridgehead atoms. The Morgan fingerprint density at radius 1 is 0.773 bits per heavy atom. The van der Waals surface area contributed by atoms with Crippen LogP contribution >= 0.6 is 11.8 Å². The van der Waals surface area contributed by atoms with Crippen LogP contribution in [0.25, 0.3) is 21.8 Å². The summed E-state index contributed by atoms with van der Waals surface area (Å²) in [5.41, 5.74) is 14.0. The Bertz CT molecular complexity index is 2190. The van der Waals surface area contributed by atoms with Crippen molar-refractivity contribution < 1.29 is 53.4 Å². The molecular formula is C44H60N10O11S. The number of thioether (sulfide) groups is 1. The molecule has 0 aliphatic carbocycles. The molecule has 7 atom stereocenters. The SMILES string of the molecule is CC[C@H](C)[C@@H]1NC(=O)[C@H](CC(=O)O)NC(=O)CSC[C@@H](C(=O)N[C@@H](CCCCNc2c3ccccc3nc3ccccc23)C(N)=O)NC(=O)[C@H](CCCCN)NC(=O)[C@H](CC(=O)O)NC1=O. The van der Waals surface area contributed by atoms with E-state index in [1.54, 1.807) is 13.8 Å². The number of fused-ring (bicyclic) bond motifs is 2. The maximum atomic E-state index is 14.0. The van der Waals surface area contributed by atoms with Gasteiger partial charge in [0.15, 0.2) is 0 Å². The molecule has 1 aromatic heterocycles. The highest BCUT2D eigenvalue weighted by Gasteiger charge is 2.36. The number of aromatic nitrogens is 1. The lowest BCUT2D eigenvalue weighted by atomic mass is 9.97. The third kappa shape index (κ3) is 15.6. The van der Waals surface area contributed by atoms with E-state index in [2.05, 4.69) is 37.2 Å². The average molecular weight is 937 g/mol. The fraction of sp³-hybridized carbons (Fsp3) is 0.500. The molecule has 13 N–H and O–H groups in total. The number of hydrogen-bond acceptors (Lipinski definition) is 13. The molecule has 0 saturated carbocycles. The molecule has 0 unspecified atom stereocenters. The van der Waals surface area contributed by atoms with Gasteiger partial charge >= 0.3 is 11.9 Å². The zero-order chi connectivity index (χ0) is 48.3. The highest BCUT2D eigenvalue weighted by molar-refractivity contribution is 8.00. The summed E-state index contributed by atoms with van der Waals surface area (Å²) in [7, 11) is 0. The van der Waals surface area contributed by atoms with Crippen LogP contribution in [0.15, 0.2) is 48.5 Å². The number of pyridine rings is 1. The minimum atomic E-state index is -1.76. The van der Waals surface area contributed by atoms with Gasteiger partial charge in [-0.2, -0.15) is 0 Å². The van der Waals surface area contributed by atoms with Crippen LogP contribution in [-0.4, -0.2) is 129 Å². The number of primary amides is 1. The largest absolute Gasteiger partial charge is 0.481 e. The molecule has 0 spiro atoms. The van der Waals surface area contributed by atoms with E-state index in [1.807, 2.05) is 48.5 Å². The van der Waals surface area contributed by atoms with Crippen molar-refractivity contribution in [1.82, 2.24) is 36.9 Å². The van der Waals surface area contributed by atoms with E-state index < -0.39 is 114 Å². The topological polar surface area (TPSA) is 343 Å². The second kappa shape index (κ2) is 25.8. The predicted molar refractivity (Wildman–Crippen MR) is 247 cm³/mol. The van der Waals surface area contributed by atoms with Crippen molar-refractivity contribution in [3.63, 3.8) is 0 Å². The molecule has 1 saturated heterocycles. The normalized spacial score (nSPS) is 21.1. The highest BCUT2D eigenvalue weighted by atomic mass is 32.2. The second-order valence-corrected chi connectivity index (χ2v) is 17.1. The van der Waals surface area contributed by atoms with E-state index in [4.69, 9.17) is 16.5 Å². The molecule has 66 heavy (non-hydrogen) atoms. The van der Waals surface area contributed by atoms with Gasteiger partial charge in [0.2, 0.25) is 41.4 Å². The van der Waals surface area contributed by atoms with E-state index in [1.165, 1.54) is 0 Å². The Balaban J connectivity index is 1.56. The molecule has 1 aliphatic rings. The number of carboxylic acid groups (broad SMARTS) is 2. The number of benzene rings is 2. The summed E-state index contributed by atoms with van der Waals surface area (Å²) < 4.78 is 0. The third-order valence-corrected chi connectivity index (χ3v) is 12.1. The standard InChI is InChI=1S/C44H60N10O11S/c1-3-24(2)37-44(65)52-32(21-36(58)59)41(62)51-30(17-8-10-18-45)40(61)53-33(22-66-23-34(55)49-31(20-35(56)57)42(63)54-37)43(64)50-29(39(46)60)16-9-11-19-47-38-25-12-4-6-14-27(25)48-28-15-7-5-13-26(28)38/h4-7,12-15,24,29-33,37H,3,8-11,16-23,45H2,1-2H3,(H2,46,60)(H,47,48)(H,49,55)(H,50,64)(H,51,62)(H,52,65)(H,53,61)(H,54,63)(H,56,57)(H,58,59)/t24-,29-,30-,31-,32-,33-,37-/m0/s1. The van der Waals surface area contributed by atoms with Crippen molar-refractivity contribution in [2.75, 3.05) is 29.9 Å². The van der Waals surface area contributed by atoms with Crippen molar-refractivity contribution in [3.05, 3.63) is 48.5 Å². The number of nitrogens with zero attached hydrogens (tertiary/aromatic N) is 1. The molecule has 7 amide bonds. The number of hydrogen-bond donors (Lipinski definition) is 11. The first kappa shape index (κ1) is 52.1. The summed E-state index contributed by atoms with van der Waals surface area (Å²) in [6.07, 6.45) is 0.314. The number of unbranched alkanes of at least 4 members (excludes halogenated alkanes) is 2. The lowest BCUT2D eigenvalue weighted by molar-refractivity contribution is -0.142. The summed E-state index contributed by atoms with van der Waals surface area (Å²) in [5.74, 6) is -10.8. The van der Waals surface area contributed by atoms with Crippen molar-refractivity contribution in [3.8, 4) is 0 Å². The molecule has 2 heterocycles. The molecule has 4 rings (SSSR count). The van der Waals surface area contributed by atoms with Crippen LogP contribution in [0.3, 0.4) is 0 Å². The van der Waals surface area contributed by atoms with E-state index in [-0.39, 0.29) is 25.1 Å². The number of anilines is 1. The maximum Gasteiger partial charge on any atom is 0.305 e. The Hall–Kier alpha value is -6.55. The zero-order valence-electron chi connectivity index (χ0n) is 36.9. The van der Waals surface area contributed by atoms with E-state index in [0.717, 1.165) is 39.3 Å². The van der Waals surface area contributed by atoms with Crippen LogP contribution in [0.1, 0.15) is 71.6 Å². The first-order chi connectivity index (χ1) is 31.5. The fourth-order valence-corrected chi connectivity index (χ4v) is 8.11. The van der Waals surface area contributed by atoms with Gasteiger partial charge in [-0.05, 0) is 63.1 Å². The quantitative estimate of drug-likeness (QED) is 0.0567. The Morgan fingerprint density at radius 2 is 1.35 bits per heavy atom. The number of para-hydroxylation sites is 2.